The molecule has 1 unspecified atom stereocenters. The van der Waals surface area contributed by atoms with Gasteiger partial charge in [-0.15, -0.1) is 0 Å². The standard InChI is InChI=1S/C17H20FN/c1-13-5-3-7-15(9-13)16(12-19-2)10-14-6-4-8-17(18)11-14/h3-9,11,16,19H,10,12H2,1-2H3. The van der Waals surface area contributed by atoms with Crippen LogP contribution in [0, 0.1) is 12.7 Å². The zero-order valence-corrected chi connectivity index (χ0v) is 11.5. The quantitative estimate of drug-likeness (QED) is 0.861. The fourth-order valence-corrected chi connectivity index (χ4v) is 2.43. The summed E-state index contributed by atoms with van der Waals surface area (Å²) in [5.41, 5.74) is 3.61. The fraction of sp³-hybridized carbons (Fsp3) is 0.294. The predicted octanol–water partition coefficient (Wildman–Crippen LogP) is 3.68. The fourth-order valence-electron chi connectivity index (χ4n) is 2.43. The van der Waals surface area contributed by atoms with Gasteiger partial charge in [0, 0.05) is 12.5 Å². The Bertz CT molecular complexity index is 536. The molecule has 2 heteroatoms. The van der Waals surface area contributed by atoms with E-state index in [-0.39, 0.29) is 5.82 Å². The predicted molar refractivity (Wildman–Crippen MR) is 78.0 cm³/mol. The van der Waals surface area contributed by atoms with E-state index in [0.717, 1.165) is 18.5 Å². The molecule has 0 heterocycles. The van der Waals surface area contributed by atoms with Gasteiger partial charge in [0.25, 0.3) is 0 Å². The Morgan fingerprint density at radius 3 is 2.58 bits per heavy atom. The molecule has 0 spiro atoms. The van der Waals surface area contributed by atoms with Crippen LogP contribution in [0.5, 0.6) is 0 Å². The van der Waals surface area contributed by atoms with Gasteiger partial charge in [0.1, 0.15) is 5.82 Å². The first-order valence-corrected chi connectivity index (χ1v) is 6.64. The summed E-state index contributed by atoms with van der Waals surface area (Å²) in [5, 5.41) is 3.23. The molecule has 0 aliphatic carbocycles. The second-order valence-electron chi connectivity index (χ2n) is 5.00. The lowest BCUT2D eigenvalue weighted by Crippen LogP contribution is -2.19. The van der Waals surface area contributed by atoms with E-state index in [9.17, 15) is 4.39 Å². The van der Waals surface area contributed by atoms with Crippen molar-refractivity contribution in [1.82, 2.24) is 5.32 Å². The van der Waals surface area contributed by atoms with Gasteiger partial charge in [-0.05, 0) is 43.7 Å². The molecule has 2 aromatic carbocycles. The average Bonchev–Trinajstić information content (AvgIpc) is 2.38. The highest BCUT2D eigenvalue weighted by atomic mass is 19.1. The normalized spacial score (nSPS) is 12.4. The van der Waals surface area contributed by atoms with Gasteiger partial charge in [-0.2, -0.15) is 0 Å². The largest absolute Gasteiger partial charge is 0.319 e. The van der Waals surface area contributed by atoms with Gasteiger partial charge in [0.15, 0.2) is 0 Å². The summed E-state index contributed by atoms with van der Waals surface area (Å²) in [7, 11) is 1.95. The molecule has 1 N–H and O–H groups in total. The van der Waals surface area contributed by atoms with Crippen LogP contribution in [0.2, 0.25) is 0 Å². The Kier molecular flexibility index (Phi) is 4.69. The summed E-state index contributed by atoms with van der Waals surface area (Å²) in [4.78, 5) is 0. The van der Waals surface area contributed by atoms with Crippen LogP contribution in [0.3, 0.4) is 0 Å². The van der Waals surface area contributed by atoms with Gasteiger partial charge >= 0.3 is 0 Å². The number of rotatable bonds is 5. The zero-order valence-electron chi connectivity index (χ0n) is 11.5. The zero-order chi connectivity index (χ0) is 13.7. The Labute approximate surface area is 114 Å². The minimum Gasteiger partial charge on any atom is -0.319 e. The molecule has 0 radical (unpaired) electrons. The number of hydrogen-bond donors (Lipinski definition) is 1. The maximum Gasteiger partial charge on any atom is 0.123 e. The van der Waals surface area contributed by atoms with Crippen LogP contribution < -0.4 is 5.32 Å². The van der Waals surface area contributed by atoms with E-state index >= 15 is 0 Å². The van der Waals surface area contributed by atoms with E-state index in [1.54, 1.807) is 12.1 Å². The molecule has 0 aliphatic rings. The molecule has 2 aromatic rings. The van der Waals surface area contributed by atoms with Gasteiger partial charge in [-0.25, -0.2) is 4.39 Å². The van der Waals surface area contributed by atoms with Crippen molar-refractivity contribution in [3.05, 3.63) is 71.0 Å². The van der Waals surface area contributed by atoms with Crippen molar-refractivity contribution in [2.24, 2.45) is 0 Å². The third-order valence-corrected chi connectivity index (χ3v) is 3.34. The first-order chi connectivity index (χ1) is 9.19. The lowest BCUT2D eigenvalue weighted by molar-refractivity contribution is 0.608. The first kappa shape index (κ1) is 13.8. The molecule has 1 nitrogen and oxygen atoms in total. The average molecular weight is 257 g/mol. The smallest absolute Gasteiger partial charge is 0.123 e. The van der Waals surface area contributed by atoms with Gasteiger partial charge in [-0.1, -0.05) is 42.0 Å². The van der Waals surface area contributed by atoms with Crippen LogP contribution in [0.4, 0.5) is 4.39 Å². The van der Waals surface area contributed by atoms with Crippen LogP contribution in [0.15, 0.2) is 48.5 Å². The van der Waals surface area contributed by atoms with Crippen molar-refractivity contribution >= 4 is 0 Å². The third-order valence-electron chi connectivity index (χ3n) is 3.34. The van der Waals surface area contributed by atoms with Crippen LogP contribution in [0.25, 0.3) is 0 Å². The van der Waals surface area contributed by atoms with Gasteiger partial charge in [0.2, 0.25) is 0 Å². The number of nitrogens with one attached hydrogen (secondary N) is 1. The molecule has 2 rings (SSSR count). The molecule has 0 amide bonds. The Morgan fingerprint density at radius 2 is 1.89 bits per heavy atom. The van der Waals surface area contributed by atoms with E-state index in [4.69, 9.17) is 0 Å². The van der Waals surface area contributed by atoms with Crippen molar-refractivity contribution in [3.8, 4) is 0 Å². The molecule has 0 aliphatic heterocycles. The maximum atomic E-state index is 13.3. The monoisotopic (exact) mass is 257 g/mol. The summed E-state index contributed by atoms with van der Waals surface area (Å²) in [6.07, 6.45) is 0.849. The number of halogens is 1. The summed E-state index contributed by atoms with van der Waals surface area (Å²) in [6, 6.07) is 15.4. The van der Waals surface area contributed by atoms with Crippen molar-refractivity contribution in [2.75, 3.05) is 13.6 Å². The van der Waals surface area contributed by atoms with Crippen LogP contribution in [0.1, 0.15) is 22.6 Å². The minimum atomic E-state index is -0.162. The van der Waals surface area contributed by atoms with E-state index < -0.39 is 0 Å². The van der Waals surface area contributed by atoms with Crippen LogP contribution in [-0.2, 0) is 6.42 Å². The molecule has 0 saturated heterocycles. The molecule has 0 saturated carbocycles. The molecule has 100 valence electrons. The van der Waals surface area contributed by atoms with Crippen molar-refractivity contribution in [1.29, 1.82) is 0 Å². The number of aryl methyl sites for hydroxylation is 1. The van der Waals surface area contributed by atoms with Crippen molar-refractivity contribution in [3.63, 3.8) is 0 Å². The highest BCUT2D eigenvalue weighted by molar-refractivity contribution is 5.28. The summed E-state index contributed by atoms with van der Waals surface area (Å²) in [5.74, 6) is 0.205. The number of benzene rings is 2. The molecule has 0 bridgehead atoms. The molecule has 1 atom stereocenters. The lowest BCUT2D eigenvalue weighted by atomic mass is 9.91. The Balaban J connectivity index is 2.21. The number of hydrogen-bond acceptors (Lipinski definition) is 1. The van der Waals surface area contributed by atoms with E-state index in [1.807, 2.05) is 13.1 Å². The second-order valence-corrected chi connectivity index (χ2v) is 5.00. The first-order valence-electron chi connectivity index (χ1n) is 6.64. The van der Waals surface area contributed by atoms with Crippen LogP contribution in [-0.4, -0.2) is 13.6 Å². The van der Waals surface area contributed by atoms with E-state index in [0.29, 0.717) is 5.92 Å². The summed E-state index contributed by atoms with van der Waals surface area (Å²) < 4.78 is 13.3. The number of likely N-dealkylation sites (N-methyl/N-ethyl adjacent to an activating group) is 1. The molecule has 0 fully saturated rings. The highest BCUT2D eigenvalue weighted by Gasteiger charge is 2.12. The summed E-state index contributed by atoms with van der Waals surface area (Å²) in [6.45, 7) is 2.99. The highest BCUT2D eigenvalue weighted by Crippen LogP contribution is 2.21. The molecular formula is C17H20FN. The second kappa shape index (κ2) is 6.48. The van der Waals surface area contributed by atoms with Crippen LogP contribution >= 0.6 is 0 Å². The third kappa shape index (κ3) is 3.90. The van der Waals surface area contributed by atoms with Gasteiger partial charge in [-0.3, -0.25) is 0 Å². The minimum absolute atomic E-state index is 0.162. The van der Waals surface area contributed by atoms with Gasteiger partial charge in [0.05, 0.1) is 0 Å². The Morgan fingerprint density at radius 1 is 1.11 bits per heavy atom. The molecule has 19 heavy (non-hydrogen) atoms. The van der Waals surface area contributed by atoms with Gasteiger partial charge < -0.3 is 5.32 Å². The topological polar surface area (TPSA) is 12.0 Å². The SMILES string of the molecule is CNCC(Cc1cccc(F)c1)c1cccc(C)c1. The Hall–Kier alpha value is -1.67. The molecule has 0 aromatic heterocycles. The van der Waals surface area contributed by atoms with E-state index in [1.165, 1.54) is 17.2 Å². The lowest BCUT2D eigenvalue weighted by Gasteiger charge is -2.18. The molecular weight excluding hydrogens is 237 g/mol. The van der Waals surface area contributed by atoms with Crippen molar-refractivity contribution < 1.29 is 4.39 Å². The van der Waals surface area contributed by atoms with Crippen molar-refractivity contribution in [2.45, 2.75) is 19.3 Å². The maximum absolute atomic E-state index is 13.3. The van der Waals surface area contributed by atoms with E-state index in [2.05, 4.69) is 36.5 Å². The summed E-state index contributed by atoms with van der Waals surface area (Å²) >= 11 is 0.